The molecular formula is C23H32N4O4. The largest absolute Gasteiger partial charge is 0.479 e. The van der Waals surface area contributed by atoms with Crippen molar-refractivity contribution in [3.05, 3.63) is 16.8 Å². The number of hydrogen-bond acceptors (Lipinski definition) is 6. The Morgan fingerprint density at radius 2 is 1.90 bits per heavy atom. The highest BCUT2D eigenvalue weighted by Gasteiger charge is 2.47. The van der Waals surface area contributed by atoms with Gasteiger partial charge in [0.2, 0.25) is 11.8 Å². The molecule has 8 heteroatoms. The van der Waals surface area contributed by atoms with E-state index in [1.54, 1.807) is 11.8 Å². The fraction of sp³-hybridized carbons (Fsp3) is 0.652. The molecule has 1 aliphatic carbocycles. The lowest BCUT2D eigenvalue weighted by Gasteiger charge is -2.33. The van der Waals surface area contributed by atoms with Gasteiger partial charge in [0.15, 0.2) is 5.65 Å². The molecule has 2 aliphatic rings. The molecule has 1 saturated carbocycles. The van der Waals surface area contributed by atoms with E-state index >= 15 is 0 Å². The lowest BCUT2D eigenvalue weighted by molar-refractivity contribution is -0.152. The van der Waals surface area contributed by atoms with Crippen LogP contribution in [-0.2, 0) is 27.8 Å². The predicted molar refractivity (Wildman–Crippen MR) is 116 cm³/mol. The fourth-order valence-electron chi connectivity index (χ4n) is 5.63. The molecule has 0 spiro atoms. The Bertz CT molecular complexity index is 1010. The number of likely N-dealkylation sites (tertiary alicyclic amines) is 1. The SMILES string of the molecule is COC(=O)C1CC2CCCCC2N1C(=O)CCc1c(C)nc2c(c(OC)nn2C)c1C. The molecule has 8 nitrogen and oxygen atoms in total. The Labute approximate surface area is 182 Å². The van der Waals surface area contributed by atoms with E-state index in [9.17, 15) is 9.59 Å². The summed E-state index contributed by atoms with van der Waals surface area (Å²) in [6.07, 6.45) is 5.98. The molecular weight excluding hydrogens is 396 g/mol. The molecule has 2 aromatic rings. The first kappa shape index (κ1) is 21.6. The zero-order chi connectivity index (χ0) is 22.3. The second-order valence-electron chi connectivity index (χ2n) is 8.82. The van der Waals surface area contributed by atoms with Crippen molar-refractivity contribution in [2.24, 2.45) is 13.0 Å². The molecule has 0 aromatic carbocycles. The number of carbonyl (C=O) groups is 2. The highest BCUT2D eigenvalue weighted by atomic mass is 16.5. The summed E-state index contributed by atoms with van der Waals surface area (Å²) < 4.78 is 12.2. The maximum absolute atomic E-state index is 13.4. The number of methoxy groups -OCH3 is 2. The van der Waals surface area contributed by atoms with Crippen LogP contribution in [0.15, 0.2) is 0 Å². The summed E-state index contributed by atoms with van der Waals surface area (Å²) in [5, 5.41) is 5.29. The minimum atomic E-state index is -0.452. The zero-order valence-corrected chi connectivity index (χ0v) is 19.1. The molecule has 3 unspecified atom stereocenters. The van der Waals surface area contributed by atoms with Gasteiger partial charge in [-0.05, 0) is 56.6 Å². The van der Waals surface area contributed by atoms with E-state index in [0.29, 0.717) is 24.6 Å². The molecule has 3 atom stereocenters. The van der Waals surface area contributed by atoms with Gasteiger partial charge in [-0.15, -0.1) is 5.10 Å². The molecule has 2 aromatic heterocycles. The summed E-state index contributed by atoms with van der Waals surface area (Å²) in [4.78, 5) is 32.4. The van der Waals surface area contributed by atoms with Crippen LogP contribution in [0.3, 0.4) is 0 Å². The van der Waals surface area contributed by atoms with Crippen molar-refractivity contribution >= 4 is 22.9 Å². The van der Waals surface area contributed by atoms with Crippen LogP contribution < -0.4 is 4.74 Å². The van der Waals surface area contributed by atoms with Gasteiger partial charge in [-0.25, -0.2) is 14.5 Å². The van der Waals surface area contributed by atoms with E-state index in [-0.39, 0.29) is 17.9 Å². The highest BCUT2D eigenvalue weighted by Crippen LogP contribution is 2.40. The quantitative estimate of drug-likeness (QED) is 0.681. The van der Waals surface area contributed by atoms with Crippen LogP contribution in [0.2, 0.25) is 0 Å². The lowest BCUT2D eigenvalue weighted by atomic mass is 9.84. The van der Waals surface area contributed by atoms with E-state index in [2.05, 4.69) is 5.10 Å². The predicted octanol–water partition coefficient (Wildman–Crippen LogP) is 2.86. The molecule has 0 bridgehead atoms. The van der Waals surface area contributed by atoms with E-state index in [1.807, 2.05) is 25.8 Å². The third kappa shape index (κ3) is 3.66. The minimum absolute atomic E-state index is 0.0295. The van der Waals surface area contributed by atoms with E-state index in [0.717, 1.165) is 53.5 Å². The number of amides is 1. The van der Waals surface area contributed by atoms with Crippen molar-refractivity contribution in [2.75, 3.05) is 14.2 Å². The number of ether oxygens (including phenoxy) is 2. The summed E-state index contributed by atoms with van der Waals surface area (Å²) >= 11 is 0. The molecule has 2 fully saturated rings. The van der Waals surface area contributed by atoms with Gasteiger partial charge in [0.25, 0.3) is 0 Å². The Morgan fingerprint density at radius 1 is 1.16 bits per heavy atom. The van der Waals surface area contributed by atoms with Gasteiger partial charge in [0.05, 0.1) is 19.6 Å². The molecule has 0 radical (unpaired) electrons. The monoisotopic (exact) mass is 428 g/mol. The summed E-state index contributed by atoms with van der Waals surface area (Å²) in [6, 6.07) is -0.293. The smallest absolute Gasteiger partial charge is 0.328 e. The number of fused-ring (bicyclic) bond motifs is 2. The van der Waals surface area contributed by atoms with Gasteiger partial charge in [-0.2, -0.15) is 0 Å². The van der Waals surface area contributed by atoms with E-state index in [1.165, 1.54) is 13.5 Å². The van der Waals surface area contributed by atoms with Gasteiger partial charge in [0.1, 0.15) is 6.04 Å². The van der Waals surface area contributed by atoms with Crippen LogP contribution in [0, 0.1) is 19.8 Å². The molecule has 3 heterocycles. The number of esters is 1. The standard InChI is InChI=1S/C23H32N4O4/c1-13-16(14(2)24-21-20(13)22(30-4)25-26(21)3)10-11-19(28)27-17-9-7-6-8-15(17)12-18(27)23(29)31-5/h15,17-18H,6-12H2,1-5H3. The normalized spacial score (nSPS) is 23.1. The van der Waals surface area contributed by atoms with Crippen molar-refractivity contribution in [3.63, 3.8) is 0 Å². The first-order valence-corrected chi connectivity index (χ1v) is 11.1. The number of aryl methyl sites for hydroxylation is 3. The number of pyridine rings is 1. The molecule has 1 amide bonds. The molecule has 4 rings (SSSR count). The topological polar surface area (TPSA) is 86.6 Å². The number of carbonyl (C=O) groups excluding carboxylic acids is 2. The Morgan fingerprint density at radius 3 is 2.61 bits per heavy atom. The maximum Gasteiger partial charge on any atom is 0.328 e. The van der Waals surface area contributed by atoms with Gasteiger partial charge >= 0.3 is 5.97 Å². The molecule has 1 aliphatic heterocycles. The maximum atomic E-state index is 13.4. The molecule has 168 valence electrons. The van der Waals surface area contributed by atoms with Crippen LogP contribution in [0.1, 0.15) is 55.3 Å². The van der Waals surface area contributed by atoms with Crippen LogP contribution >= 0.6 is 0 Å². The Hall–Kier alpha value is -2.64. The van der Waals surface area contributed by atoms with Crippen molar-refractivity contribution in [1.82, 2.24) is 19.7 Å². The molecule has 31 heavy (non-hydrogen) atoms. The summed E-state index contributed by atoms with van der Waals surface area (Å²) in [5.74, 6) is 0.688. The summed E-state index contributed by atoms with van der Waals surface area (Å²) in [5.41, 5.74) is 3.75. The van der Waals surface area contributed by atoms with Gasteiger partial charge < -0.3 is 14.4 Å². The van der Waals surface area contributed by atoms with Gasteiger partial charge in [-0.1, -0.05) is 12.8 Å². The average molecular weight is 429 g/mol. The van der Waals surface area contributed by atoms with Gasteiger partial charge in [0, 0.05) is 25.2 Å². The second kappa shape index (κ2) is 8.48. The van der Waals surface area contributed by atoms with E-state index < -0.39 is 6.04 Å². The fourth-order valence-corrected chi connectivity index (χ4v) is 5.63. The Kier molecular flexibility index (Phi) is 5.90. The van der Waals surface area contributed by atoms with Crippen LogP contribution in [-0.4, -0.2) is 57.8 Å². The lowest BCUT2D eigenvalue weighted by Crippen LogP contribution is -2.46. The zero-order valence-electron chi connectivity index (χ0n) is 19.1. The second-order valence-corrected chi connectivity index (χ2v) is 8.82. The third-order valence-corrected chi connectivity index (χ3v) is 7.15. The van der Waals surface area contributed by atoms with Gasteiger partial charge in [-0.3, -0.25) is 4.79 Å². The average Bonchev–Trinajstić information content (AvgIpc) is 3.30. The molecule has 1 saturated heterocycles. The third-order valence-electron chi connectivity index (χ3n) is 7.15. The van der Waals surface area contributed by atoms with Crippen LogP contribution in [0.5, 0.6) is 5.88 Å². The number of aromatic nitrogens is 3. The highest BCUT2D eigenvalue weighted by molar-refractivity contribution is 5.87. The Balaban J connectivity index is 1.59. The number of hydrogen-bond donors (Lipinski definition) is 0. The first-order valence-electron chi connectivity index (χ1n) is 11.1. The number of rotatable bonds is 5. The van der Waals surface area contributed by atoms with E-state index in [4.69, 9.17) is 14.5 Å². The minimum Gasteiger partial charge on any atom is -0.479 e. The van der Waals surface area contributed by atoms with Crippen LogP contribution in [0.4, 0.5) is 0 Å². The summed E-state index contributed by atoms with van der Waals surface area (Å²) in [6.45, 7) is 4.00. The summed E-state index contributed by atoms with van der Waals surface area (Å²) in [7, 11) is 4.86. The number of nitrogens with zero attached hydrogens (tertiary/aromatic N) is 4. The van der Waals surface area contributed by atoms with Crippen molar-refractivity contribution < 1.29 is 19.1 Å². The van der Waals surface area contributed by atoms with Crippen molar-refractivity contribution in [1.29, 1.82) is 0 Å². The van der Waals surface area contributed by atoms with Crippen molar-refractivity contribution in [3.8, 4) is 5.88 Å². The first-order chi connectivity index (χ1) is 14.9. The van der Waals surface area contributed by atoms with Crippen molar-refractivity contribution in [2.45, 2.75) is 70.9 Å². The van der Waals surface area contributed by atoms with Crippen LogP contribution in [0.25, 0.3) is 11.0 Å². The molecule has 0 N–H and O–H groups in total.